The van der Waals surface area contributed by atoms with E-state index in [9.17, 15) is 17.6 Å². The zero-order valence-corrected chi connectivity index (χ0v) is 19.2. The Morgan fingerprint density at radius 2 is 1.72 bits per heavy atom. The summed E-state index contributed by atoms with van der Waals surface area (Å²) in [4.78, 5) is 14.7. The number of halogens is 2. The van der Waals surface area contributed by atoms with Gasteiger partial charge in [-0.05, 0) is 73.5 Å². The molecule has 0 N–H and O–H groups in total. The van der Waals surface area contributed by atoms with E-state index in [0.717, 1.165) is 36.2 Å². The summed E-state index contributed by atoms with van der Waals surface area (Å²) < 4.78 is 42.9. The van der Waals surface area contributed by atoms with Crippen LogP contribution in [0, 0.1) is 5.82 Å². The number of rotatable bonds is 8. The molecule has 5 nitrogen and oxygen atoms in total. The van der Waals surface area contributed by atoms with Crippen LogP contribution in [0.15, 0.2) is 77.7 Å². The lowest BCUT2D eigenvalue weighted by atomic mass is 10.1. The average Bonchev–Trinajstić information content (AvgIpc) is 2.77. The minimum Gasteiger partial charge on any atom is -0.379 e. The SMILES string of the molecule is CCC(C)N(Cc1ccc(OS(=O)(=O)c2ccc(F)cc2)cc1)C(=O)c1cccc(Cl)c1. The van der Waals surface area contributed by atoms with Crippen LogP contribution in [0.3, 0.4) is 0 Å². The lowest BCUT2D eigenvalue weighted by Gasteiger charge is -2.29. The Kier molecular flexibility index (Phi) is 7.53. The standard InChI is InChI=1S/C24H23ClFNO4S/c1-3-17(2)27(24(28)19-5-4-6-20(25)15-19)16-18-7-11-22(12-8-18)31-32(29,30)23-13-9-21(26)10-14-23/h4-15,17H,3,16H2,1-2H3. The van der Waals surface area contributed by atoms with Crippen LogP contribution < -0.4 is 4.18 Å². The van der Waals surface area contributed by atoms with Crippen LogP contribution in [0.25, 0.3) is 0 Å². The highest BCUT2D eigenvalue weighted by Gasteiger charge is 2.21. The smallest absolute Gasteiger partial charge is 0.339 e. The molecule has 168 valence electrons. The molecule has 0 spiro atoms. The number of nitrogens with zero attached hydrogens (tertiary/aromatic N) is 1. The number of hydrogen-bond donors (Lipinski definition) is 0. The van der Waals surface area contributed by atoms with Gasteiger partial charge in [0.1, 0.15) is 16.5 Å². The van der Waals surface area contributed by atoms with Crippen molar-refractivity contribution in [3.05, 3.63) is 94.8 Å². The monoisotopic (exact) mass is 475 g/mol. The van der Waals surface area contributed by atoms with Crippen molar-refractivity contribution in [2.24, 2.45) is 0 Å². The minimum atomic E-state index is -4.08. The van der Waals surface area contributed by atoms with E-state index in [2.05, 4.69) is 0 Å². The summed E-state index contributed by atoms with van der Waals surface area (Å²) in [6.07, 6.45) is 0.767. The topological polar surface area (TPSA) is 63.7 Å². The molecule has 0 aliphatic heterocycles. The molecular formula is C24H23ClFNO4S. The molecule has 8 heteroatoms. The average molecular weight is 476 g/mol. The summed E-state index contributed by atoms with van der Waals surface area (Å²) in [5, 5.41) is 0.490. The molecule has 32 heavy (non-hydrogen) atoms. The highest BCUT2D eigenvalue weighted by atomic mass is 35.5. The first kappa shape index (κ1) is 23.8. The van der Waals surface area contributed by atoms with Gasteiger partial charge in [0.05, 0.1) is 0 Å². The van der Waals surface area contributed by atoms with Crippen LogP contribution in [0.2, 0.25) is 5.02 Å². The maximum absolute atomic E-state index is 13.1. The van der Waals surface area contributed by atoms with Crippen LogP contribution in [0.1, 0.15) is 36.2 Å². The van der Waals surface area contributed by atoms with E-state index in [-0.39, 0.29) is 22.6 Å². The zero-order chi connectivity index (χ0) is 23.3. The fourth-order valence-electron chi connectivity index (χ4n) is 3.06. The van der Waals surface area contributed by atoms with Crippen molar-refractivity contribution in [3.8, 4) is 5.75 Å². The Morgan fingerprint density at radius 3 is 2.31 bits per heavy atom. The highest BCUT2D eigenvalue weighted by molar-refractivity contribution is 7.87. The molecule has 1 amide bonds. The Morgan fingerprint density at radius 1 is 1.06 bits per heavy atom. The molecule has 1 atom stereocenters. The van der Waals surface area contributed by atoms with E-state index in [1.165, 1.54) is 12.1 Å². The van der Waals surface area contributed by atoms with Gasteiger partial charge in [0.15, 0.2) is 0 Å². The Hall–Kier alpha value is -2.90. The Balaban J connectivity index is 1.76. The molecular weight excluding hydrogens is 453 g/mol. The zero-order valence-electron chi connectivity index (χ0n) is 17.7. The predicted octanol–water partition coefficient (Wildman–Crippen LogP) is 5.69. The molecule has 3 aromatic rings. The van der Waals surface area contributed by atoms with E-state index in [4.69, 9.17) is 15.8 Å². The van der Waals surface area contributed by atoms with Crippen LogP contribution in [0.4, 0.5) is 4.39 Å². The van der Waals surface area contributed by atoms with Crippen LogP contribution in [0.5, 0.6) is 5.75 Å². The van der Waals surface area contributed by atoms with Crippen molar-refractivity contribution in [1.29, 1.82) is 0 Å². The molecule has 0 heterocycles. The van der Waals surface area contributed by atoms with E-state index >= 15 is 0 Å². The molecule has 0 saturated heterocycles. The van der Waals surface area contributed by atoms with Gasteiger partial charge in [-0.3, -0.25) is 4.79 Å². The van der Waals surface area contributed by atoms with Crippen molar-refractivity contribution >= 4 is 27.6 Å². The van der Waals surface area contributed by atoms with E-state index in [1.807, 2.05) is 13.8 Å². The first-order valence-electron chi connectivity index (χ1n) is 10.0. The van der Waals surface area contributed by atoms with Crippen LogP contribution >= 0.6 is 11.6 Å². The summed E-state index contributed by atoms with van der Waals surface area (Å²) in [5.74, 6) is -0.554. The van der Waals surface area contributed by atoms with E-state index < -0.39 is 15.9 Å². The van der Waals surface area contributed by atoms with E-state index in [0.29, 0.717) is 17.1 Å². The van der Waals surface area contributed by atoms with Gasteiger partial charge in [-0.2, -0.15) is 8.42 Å². The van der Waals surface area contributed by atoms with Crippen LogP contribution in [-0.4, -0.2) is 25.3 Å². The predicted molar refractivity (Wildman–Crippen MR) is 122 cm³/mol. The summed E-state index contributed by atoms with van der Waals surface area (Å²) in [5.41, 5.74) is 1.32. The van der Waals surface area contributed by atoms with Gasteiger partial charge in [0.2, 0.25) is 0 Å². The second kappa shape index (κ2) is 10.1. The van der Waals surface area contributed by atoms with Crippen molar-refractivity contribution in [2.75, 3.05) is 0 Å². The van der Waals surface area contributed by atoms with Crippen molar-refractivity contribution in [2.45, 2.75) is 37.8 Å². The molecule has 0 saturated carbocycles. The summed E-state index contributed by atoms with van der Waals surface area (Å²) >= 11 is 6.04. The Labute approximate surface area is 192 Å². The normalized spacial score (nSPS) is 12.2. The summed E-state index contributed by atoms with van der Waals surface area (Å²) in [6.45, 7) is 4.31. The van der Waals surface area contributed by atoms with Gasteiger partial charge >= 0.3 is 10.1 Å². The number of hydrogen-bond acceptors (Lipinski definition) is 4. The molecule has 0 aromatic heterocycles. The molecule has 1 unspecified atom stereocenters. The minimum absolute atomic E-state index is 0.0173. The van der Waals surface area contributed by atoms with Gasteiger partial charge in [0.25, 0.3) is 5.91 Å². The molecule has 0 bridgehead atoms. The van der Waals surface area contributed by atoms with Crippen molar-refractivity contribution in [1.82, 2.24) is 4.90 Å². The molecule has 0 aliphatic rings. The van der Waals surface area contributed by atoms with Gasteiger partial charge < -0.3 is 9.08 Å². The largest absolute Gasteiger partial charge is 0.379 e. The maximum atomic E-state index is 13.1. The number of amides is 1. The van der Waals surface area contributed by atoms with Crippen molar-refractivity contribution < 1.29 is 21.8 Å². The van der Waals surface area contributed by atoms with Gasteiger partial charge in [-0.1, -0.05) is 36.7 Å². The number of carbonyl (C=O) groups excluding carboxylic acids is 1. The second-order valence-corrected chi connectivity index (χ2v) is 9.32. The Bertz CT molecular complexity index is 1180. The van der Waals surface area contributed by atoms with Gasteiger partial charge in [0, 0.05) is 23.2 Å². The van der Waals surface area contributed by atoms with Crippen LogP contribution in [-0.2, 0) is 16.7 Å². The summed E-state index contributed by atoms with van der Waals surface area (Å²) in [6, 6.07) is 17.6. The molecule has 0 aliphatic carbocycles. The summed E-state index contributed by atoms with van der Waals surface area (Å²) in [7, 11) is -4.08. The lowest BCUT2D eigenvalue weighted by molar-refractivity contribution is 0.0671. The number of carbonyl (C=O) groups is 1. The van der Waals surface area contributed by atoms with Crippen molar-refractivity contribution in [3.63, 3.8) is 0 Å². The van der Waals surface area contributed by atoms with Gasteiger partial charge in [-0.25, -0.2) is 4.39 Å². The number of benzene rings is 3. The highest BCUT2D eigenvalue weighted by Crippen LogP contribution is 2.22. The van der Waals surface area contributed by atoms with Gasteiger partial charge in [-0.15, -0.1) is 0 Å². The third-order valence-corrected chi connectivity index (χ3v) is 6.54. The first-order chi connectivity index (χ1) is 15.2. The lowest BCUT2D eigenvalue weighted by Crippen LogP contribution is -2.37. The maximum Gasteiger partial charge on any atom is 0.339 e. The second-order valence-electron chi connectivity index (χ2n) is 7.34. The quantitative estimate of drug-likeness (QED) is 0.393. The molecule has 0 fully saturated rings. The molecule has 3 aromatic carbocycles. The first-order valence-corrected chi connectivity index (χ1v) is 11.8. The fraction of sp³-hybridized carbons (Fsp3) is 0.208. The third kappa shape index (κ3) is 5.87. The van der Waals surface area contributed by atoms with E-state index in [1.54, 1.807) is 41.3 Å². The molecule has 0 radical (unpaired) electrons. The fourth-order valence-corrected chi connectivity index (χ4v) is 4.18. The molecule has 3 rings (SSSR count). The third-order valence-electron chi connectivity index (χ3n) is 5.04.